The van der Waals surface area contributed by atoms with E-state index in [0.717, 1.165) is 19.1 Å². The normalized spacial score (nSPS) is 16.1. The summed E-state index contributed by atoms with van der Waals surface area (Å²) >= 11 is 0. The number of rotatable bonds is 2. The van der Waals surface area contributed by atoms with E-state index in [4.69, 9.17) is 0 Å². The number of hydrogen-bond acceptors (Lipinski definition) is 0. The van der Waals surface area contributed by atoms with Gasteiger partial charge in [0.05, 0.1) is 5.92 Å². The van der Waals surface area contributed by atoms with E-state index in [1.807, 2.05) is 0 Å². The van der Waals surface area contributed by atoms with Crippen molar-refractivity contribution in [1.82, 2.24) is 0 Å². The van der Waals surface area contributed by atoms with Gasteiger partial charge >= 0.3 is 6.18 Å². The maximum absolute atomic E-state index is 11.6. The molecule has 0 fully saturated rings. The minimum absolute atomic E-state index is 0.806. The van der Waals surface area contributed by atoms with Gasteiger partial charge in [0.2, 0.25) is 0 Å². The molecule has 0 nitrogen and oxygen atoms in total. The molecule has 0 rings (SSSR count). The van der Waals surface area contributed by atoms with Crippen molar-refractivity contribution in [2.24, 2.45) is 5.92 Å². The molecule has 0 spiro atoms. The monoisotopic (exact) mass is 156 g/mol. The molecular weight excluding hydrogens is 148 g/mol. The lowest BCUT2D eigenvalue weighted by Gasteiger charge is -2.09. The molecule has 0 saturated carbocycles. The second kappa shape index (κ2) is 3.58. The molecule has 4 heteroatoms. The van der Waals surface area contributed by atoms with Crippen LogP contribution in [0.3, 0.4) is 0 Å². The highest BCUT2D eigenvalue weighted by Gasteiger charge is 2.33. The van der Waals surface area contributed by atoms with E-state index in [9.17, 15) is 17.6 Å². The van der Waals surface area contributed by atoms with Crippen LogP contribution >= 0.6 is 0 Å². The first-order valence-electron chi connectivity index (χ1n) is 2.78. The van der Waals surface area contributed by atoms with Gasteiger partial charge in [-0.25, -0.2) is 4.39 Å². The second-order valence-electron chi connectivity index (χ2n) is 1.91. The van der Waals surface area contributed by atoms with Gasteiger partial charge in [-0.1, -0.05) is 19.1 Å². The summed E-state index contributed by atoms with van der Waals surface area (Å²) in [4.78, 5) is 0. The van der Waals surface area contributed by atoms with Crippen molar-refractivity contribution in [2.45, 2.75) is 13.1 Å². The smallest absolute Gasteiger partial charge is 0.247 e. The summed E-state index contributed by atoms with van der Waals surface area (Å²) in [5, 5.41) is 0. The molecular formula is C6H8F4. The SMILES string of the molecule is CC(C=CCF)C(F)(F)F. The van der Waals surface area contributed by atoms with Gasteiger partial charge in [-0.3, -0.25) is 0 Å². The lowest BCUT2D eigenvalue weighted by atomic mass is 10.1. The summed E-state index contributed by atoms with van der Waals surface area (Å²) in [5.74, 6) is -1.55. The maximum atomic E-state index is 11.6. The zero-order valence-corrected chi connectivity index (χ0v) is 5.45. The summed E-state index contributed by atoms with van der Waals surface area (Å²) in [6.45, 7) is 0.132. The summed E-state index contributed by atoms with van der Waals surface area (Å²) < 4.78 is 46.1. The van der Waals surface area contributed by atoms with Crippen LogP contribution in [0.25, 0.3) is 0 Å². The highest BCUT2D eigenvalue weighted by Crippen LogP contribution is 2.26. The van der Waals surface area contributed by atoms with Gasteiger partial charge < -0.3 is 0 Å². The van der Waals surface area contributed by atoms with Crippen molar-refractivity contribution in [3.05, 3.63) is 12.2 Å². The molecule has 0 bridgehead atoms. The zero-order chi connectivity index (χ0) is 8.20. The Bertz CT molecular complexity index is 113. The Morgan fingerprint density at radius 1 is 1.40 bits per heavy atom. The fourth-order valence-electron chi connectivity index (χ4n) is 0.365. The number of halogens is 4. The van der Waals surface area contributed by atoms with E-state index in [1.165, 1.54) is 0 Å². The van der Waals surface area contributed by atoms with E-state index in [2.05, 4.69) is 0 Å². The molecule has 0 aliphatic heterocycles. The highest BCUT2D eigenvalue weighted by molar-refractivity contribution is 4.89. The Morgan fingerprint density at radius 3 is 2.20 bits per heavy atom. The average molecular weight is 156 g/mol. The van der Waals surface area contributed by atoms with Crippen LogP contribution < -0.4 is 0 Å². The van der Waals surface area contributed by atoms with Crippen LogP contribution in [0.5, 0.6) is 0 Å². The molecule has 1 atom stereocenters. The maximum Gasteiger partial charge on any atom is 0.394 e. The quantitative estimate of drug-likeness (QED) is 0.426. The van der Waals surface area contributed by atoms with Crippen molar-refractivity contribution in [1.29, 1.82) is 0 Å². The van der Waals surface area contributed by atoms with Crippen molar-refractivity contribution in [3.8, 4) is 0 Å². The van der Waals surface area contributed by atoms with Crippen LogP contribution in [-0.4, -0.2) is 12.9 Å². The summed E-state index contributed by atoms with van der Waals surface area (Å²) in [7, 11) is 0. The topological polar surface area (TPSA) is 0 Å². The number of hydrogen-bond donors (Lipinski definition) is 0. The molecule has 0 aliphatic carbocycles. The first-order valence-corrected chi connectivity index (χ1v) is 2.78. The fourth-order valence-corrected chi connectivity index (χ4v) is 0.365. The van der Waals surface area contributed by atoms with Crippen LogP contribution in [0.1, 0.15) is 6.92 Å². The Balaban J connectivity index is 3.84. The van der Waals surface area contributed by atoms with Gasteiger partial charge in [0, 0.05) is 0 Å². The second-order valence-corrected chi connectivity index (χ2v) is 1.91. The molecule has 0 aromatic carbocycles. The molecule has 60 valence electrons. The van der Waals surface area contributed by atoms with E-state index >= 15 is 0 Å². The van der Waals surface area contributed by atoms with E-state index in [-0.39, 0.29) is 0 Å². The van der Waals surface area contributed by atoms with Crippen molar-refractivity contribution < 1.29 is 17.6 Å². The minimum Gasteiger partial charge on any atom is -0.247 e. The first kappa shape index (κ1) is 9.46. The van der Waals surface area contributed by atoms with Crippen molar-refractivity contribution >= 4 is 0 Å². The van der Waals surface area contributed by atoms with Crippen molar-refractivity contribution in [3.63, 3.8) is 0 Å². The third-order valence-electron chi connectivity index (χ3n) is 1.03. The predicted octanol–water partition coefficient (Wildman–Crippen LogP) is 2.71. The van der Waals surface area contributed by atoms with Crippen LogP contribution in [-0.2, 0) is 0 Å². The molecule has 10 heavy (non-hydrogen) atoms. The van der Waals surface area contributed by atoms with Gasteiger partial charge in [0.15, 0.2) is 0 Å². The number of alkyl halides is 4. The molecule has 0 saturated heterocycles. The Hall–Kier alpha value is -0.540. The standard InChI is InChI=1S/C6H8F4/c1-5(3-2-4-7)6(8,9)10/h2-3,5H,4H2,1H3. The molecule has 0 aromatic rings. The molecule has 0 N–H and O–H groups in total. The van der Waals surface area contributed by atoms with Crippen LogP contribution in [0.2, 0.25) is 0 Å². The van der Waals surface area contributed by atoms with Gasteiger partial charge in [0.25, 0.3) is 0 Å². The fraction of sp³-hybridized carbons (Fsp3) is 0.667. The van der Waals surface area contributed by atoms with Gasteiger partial charge in [0.1, 0.15) is 6.67 Å². The largest absolute Gasteiger partial charge is 0.394 e. The van der Waals surface area contributed by atoms with Gasteiger partial charge in [-0.05, 0) is 0 Å². The Labute approximate surface area is 56.5 Å². The van der Waals surface area contributed by atoms with E-state index in [0.29, 0.717) is 0 Å². The summed E-state index contributed by atoms with van der Waals surface area (Å²) in [6.07, 6.45) is -2.58. The van der Waals surface area contributed by atoms with Crippen LogP contribution in [0, 0.1) is 5.92 Å². The molecule has 0 radical (unpaired) electrons. The Kier molecular flexibility index (Phi) is 3.39. The zero-order valence-electron chi connectivity index (χ0n) is 5.45. The molecule has 1 unspecified atom stereocenters. The average Bonchev–Trinajstić information content (AvgIpc) is 1.80. The predicted molar refractivity (Wildman–Crippen MR) is 30.3 cm³/mol. The first-order chi connectivity index (χ1) is 4.48. The lowest BCUT2D eigenvalue weighted by molar-refractivity contribution is -0.156. The van der Waals surface area contributed by atoms with E-state index < -0.39 is 18.8 Å². The summed E-state index contributed by atoms with van der Waals surface area (Å²) in [5.41, 5.74) is 0. The molecule has 0 heterocycles. The highest BCUT2D eigenvalue weighted by atomic mass is 19.4. The molecule has 0 aromatic heterocycles. The van der Waals surface area contributed by atoms with Gasteiger partial charge in [-0.15, -0.1) is 0 Å². The van der Waals surface area contributed by atoms with Crippen molar-refractivity contribution in [2.75, 3.05) is 6.67 Å². The molecule has 0 aliphatic rings. The third kappa shape index (κ3) is 3.48. The van der Waals surface area contributed by atoms with Gasteiger partial charge in [-0.2, -0.15) is 13.2 Å². The summed E-state index contributed by atoms with van der Waals surface area (Å²) in [6, 6.07) is 0. The van der Waals surface area contributed by atoms with Crippen LogP contribution in [0.4, 0.5) is 17.6 Å². The Morgan fingerprint density at radius 2 is 1.90 bits per heavy atom. The molecule has 0 amide bonds. The third-order valence-corrected chi connectivity index (χ3v) is 1.03. The lowest BCUT2D eigenvalue weighted by Crippen LogP contribution is -2.17. The number of allylic oxidation sites excluding steroid dienone is 2. The van der Waals surface area contributed by atoms with E-state index in [1.54, 1.807) is 0 Å². The minimum atomic E-state index is -4.24. The van der Waals surface area contributed by atoms with Crippen LogP contribution in [0.15, 0.2) is 12.2 Å².